The van der Waals surface area contributed by atoms with Crippen LogP contribution in [0.25, 0.3) is 0 Å². The number of methoxy groups -OCH3 is 1. The average Bonchev–Trinajstić information content (AvgIpc) is 3.01. The predicted molar refractivity (Wildman–Crippen MR) is 67.7 cm³/mol. The Balaban J connectivity index is 1.89. The molecule has 1 fully saturated rings. The highest BCUT2D eigenvalue weighted by Gasteiger charge is 2.41. The van der Waals surface area contributed by atoms with Crippen molar-refractivity contribution in [3.05, 3.63) is 12.2 Å². The fourth-order valence-corrected chi connectivity index (χ4v) is 3.05. The number of hydrogen-bond acceptors (Lipinski definition) is 3. The van der Waals surface area contributed by atoms with Crippen LogP contribution in [-0.4, -0.2) is 37.0 Å². The lowest BCUT2D eigenvalue weighted by Gasteiger charge is -2.26. The van der Waals surface area contributed by atoms with Crippen LogP contribution >= 0.6 is 0 Å². The monoisotopic (exact) mass is 251 g/mol. The van der Waals surface area contributed by atoms with Gasteiger partial charge in [-0.25, -0.2) is 0 Å². The van der Waals surface area contributed by atoms with Gasteiger partial charge in [-0.15, -0.1) is 0 Å². The Morgan fingerprint density at radius 3 is 2.61 bits per heavy atom. The number of allylic oxidation sites excluding steroid dienone is 2. The summed E-state index contributed by atoms with van der Waals surface area (Å²) in [6.07, 6.45) is 6.82. The van der Waals surface area contributed by atoms with Crippen LogP contribution in [0.15, 0.2) is 12.2 Å². The van der Waals surface area contributed by atoms with Gasteiger partial charge < -0.3 is 9.64 Å². The standard InChI is InChI=1S/C14H21NO3/c1-3-15(7-6-13(16)18-2)14(17)12-9-10-4-5-11(12)8-10/h4-5,10-12H,3,6-9H2,1-2H3. The number of amides is 1. The van der Waals surface area contributed by atoms with Crippen molar-refractivity contribution in [1.29, 1.82) is 0 Å². The summed E-state index contributed by atoms with van der Waals surface area (Å²) in [6, 6.07) is 0. The van der Waals surface area contributed by atoms with E-state index < -0.39 is 0 Å². The molecule has 0 spiro atoms. The van der Waals surface area contributed by atoms with Crippen LogP contribution in [0.3, 0.4) is 0 Å². The van der Waals surface area contributed by atoms with Crippen molar-refractivity contribution < 1.29 is 14.3 Å². The summed E-state index contributed by atoms with van der Waals surface area (Å²) in [6.45, 7) is 3.09. The highest BCUT2D eigenvalue weighted by Crippen LogP contribution is 2.44. The maximum Gasteiger partial charge on any atom is 0.307 e. The molecule has 3 unspecified atom stereocenters. The van der Waals surface area contributed by atoms with E-state index >= 15 is 0 Å². The van der Waals surface area contributed by atoms with Gasteiger partial charge in [-0.2, -0.15) is 0 Å². The van der Waals surface area contributed by atoms with Crippen molar-refractivity contribution in [1.82, 2.24) is 4.90 Å². The lowest BCUT2D eigenvalue weighted by atomic mass is 9.92. The molecule has 3 atom stereocenters. The zero-order valence-electron chi connectivity index (χ0n) is 11.1. The number of hydrogen-bond donors (Lipinski definition) is 0. The highest BCUT2D eigenvalue weighted by atomic mass is 16.5. The average molecular weight is 251 g/mol. The first-order valence-corrected chi connectivity index (χ1v) is 6.69. The second-order valence-electron chi connectivity index (χ2n) is 5.13. The number of ether oxygens (including phenoxy) is 1. The molecule has 0 aliphatic heterocycles. The van der Waals surface area contributed by atoms with Gasteiger partial charge in [-0.3, -0.25) is 9.59 Å². The molecule has 0 aromatic heterocycles. The van der Waals surface area contributed by atoms with Crippen molar-refractivity contribution in [3.8, 4) is 0 Å². The van der Waals surface area contributed by atoms with Gasteiger partial charge in [0.1, 0.15) is 0 Å². The van der Waals surface area contributed by atoms with Crippen molar-refractivity contribution in [3.63, 3.8) is 0 Å². The first-order valence-electron chi connectivity index (χ1n) is 6.69. The molecule has 1 saturated carbocycles. The molecule has 0 heterocycles. The zero-order valence-corrected chi connectivity index (χ0v) is 11.1. The minimum atomic E-state index is -0.255. The molecule has 0 saturated heterocycles. The summed E-state index contributed by atoms with van der Waals surface area (Å²) in [5.74, 6) is 1.11. The Kier molecular flexibility index (Phi) is 4.04. The number of fused-ring (bicyclic) bond motifs is 2. The quantitative estimate of drug-likeness (QED) is 0.551. The molecular formula is C14H21NO3. The summed E-state index contributed by atoms with van der Waals surface area (Å²) < 4.78 is 4.61. The molecule has 0 aromatic rings. The first kappa shape index (κ1) is 13.1. The third-order valence-corrected chi connectivity index (χ3v) is 4.10. The molecular weight excluding hydrogens is 230 g/mol. The molecule has 2 bridgehead atoms. The molecule has 2 aliphatic carbocycles. The van der Waals surface area contributed by atoms with E-state index in [1.165, 1.54) is 7.11 Å². The van der Waals surface area contributed by atoms with Crippen LogP contribution in [0.2, 0.25) is 0 Å². The molecule has 0 N–H and O–H groups in total. The van der Waals surface area contributed by atoms with Crippen molar-refractivity contribution in [2.45, 2.75) is 26.2 Å². The van der Waals surface area contributed by atoms with Crippen LogP contribution in [0.5, 0.6) is 0 Å². The van der Waals surface area contributed by atoms with Gasteiger partial charge in [-0.1, -0.05) is 12.2 Å². The molecule has 0 aromatic carbocycles. The van der Waals surface area contributed by atoms with Gasteiger partial charge in [0.25, 0.3) is 0 Å². The topological polar surface area (TPSA) is 46.6 Å². The van der Waals surface area contributed by atoms with Crippen LogP contribution in [0.4, 0.5) is 0 Å². The fraction of sp³-hybridized carbons (Fsp3) is 0.714. The van der Waals surface area contributed by atoms with Crippen LogP contribution in [0.1, 0.15) is 26.2 Å². The number of carbonyl (C=O) groups excluding carboxylic acids is 2. The van der Waals surface area contributed by atoms with Crippen molar-refractivity contribution >= 4 is 11.9 Å². The number of carbonyl (C=O) groups is 2. The molecule has 4 heteroatoms. The van der Waals surface area contributed by atoms with Gasteiger partial charge in [0.05, 0.1) is 13.5 Å². The number of rotatable bonds is 5. The largest absolute Gasteiger partial charge is 0.469 e. The van der Waals surface area contributed by atoms with Crippen LogP contribution in [0, 0.1) is 17.8 Å². The summed E-state index contributed by atoms with van der Waals surface area (Å²) in [5, 5.41) is 0. The third kappa shape index (κ3) is 2.57. The number of nitrogens with zero attached hydrogens (tertiary/aromatic N) is 1. The van der Waals surface area contributed by atoms with Gasteiger partial charge in [-0.05, 0) is 31.6 Å². The lowest BCUT2D eigenvalue weighted by Crippen LogP contribution is -2.39. The number of esters is 1. The molecule has 2 aliphatic rings. The van der Waals surface area contributed by atoms with E-state index in [9.17, 15) is 9.59 Å². The maximum absolute atomic E-state index is 12.4. The molecule has 0 radical (unpaired) electrons. The van der Waals surface area contributed by atoms with E-state index in [4.69, 9.17) is 0 Å². The smallest absolute Gasteiger partial charge is 0.307 e. The Morgan fingerprint density at radius 1 is 1.33 bits per heavy atom. The minimum absolute atomic E-state index is 0.137. The second-order valence-corrected chi connectivity index (χ2v) is 5.13. The molecule has 2 rings (SSSR count). The van der Waals surface area contributed by atoms with E-state index in [1.54, 1.807) is 4.90 Å². The molecule has 1 amide bonds. The highest BCUT2D eigenvalue weighted by molar-refractivity contribution is 5.80. The molecule has 4 nitrogen and oxygen atoms in total. The van der Waals surface area contributed by atoms with Crippen molar-refractivity contribution in [2.24, 2.45) is 17.8 Å². The van der Waals surface area contributed by atoms with Gasteiger partial charge in [0.15, 0.2) is 0 Å². The van der Waals surface area contributed by atoms with E-state index in [-0.39, 0.29) is 24.2 Å². The van der Waals surface area contributed by atoms with E-state index in [0.717, 1.165) is 12.8 Å². The Bertz CT molecular complexity index is 364. The SMILES string of the molecule is CCN(CCC(=O)OC)C(=O)C1CC2C=CC1C2. The van der Waals surface area contributed by atoms with E-state index in [0.29, 0.717) is 24.9 Å². The van der Waals surface area contributed by atoms with Gasteiger partial charge in [0.2, 0.25) is 5.91 Å². The minimum Gasteiger partial charge on any atom is -0.469 e. The maximum atomic E-state index is 12.4. The first-order chi connectivity index (χ1) is 8.65. The van der Waals surface area contributed by atoms with E-state index in [1.807, 2.05) is 6.92 Å². The Hall–Kier alpha value is -1.32. The van der Waals surface area contributed by atoms with Crippen LogP contribution < -0.4 is 0 Å². The normalized spacial score (nSPS) is 28.4. The van der Waals surface area contributed by atoms with Crippen LogP contribution in [-0.2, 0) is 14.3 Å². The summed E-state index contributed by atoms with van der Waals surface area (Å²) in [5.41, 5.74) is 0. The fourth-order valence-electron chi connectivity index (χ4n) is 3.05. The molecule has 18 heavy (non-hydrogen) atoms. The third-order valence-electron chi connectivity index (χ3n) is 4.10. The van der Waals surface area contributed by atoms with Crippen molar-refractivity contribution in [2.75, 3.05) is 20.2 Å². The van der Waals surface area contributed by atoms with Gasteiger partial charge >= 0.3 is 5.97 Å². The summed E-state index contributed by atoms with van der Waals surface area (Å²) >= 11 is 0. The molecule has 100 valence electrons. The van der Waals surface area contributed by atoms with E-state index in [2.05, 4.69) is 16.9 Å². The summed E-state index contributed by atoms with van der Waals surface area (Å²) in [7, 11) is 1.38. The van der Waals surface area contributed by atoms with Gasteiger partial charge in [0, 0.05) is 19.0 Å². The predicted octanol–water partition coefficient (Wildman–Crippen LogP) is 1.61. The second kappa shape index (κ2) is 5.55. The lowest BCUT2D eigenvalue weighted by molar-refractivity contribution is -0.142. The Morgan fingerprint density at radius 2 is 2.11 bits per heavy atom. The summed E-state index contributed by atoms with van der Waals surface area (Å²) in [4.78, 5) is 25.3. The Labute approximate surface area is 108 Å². The zero-order chi connectivity index (χ0) is 13.1.